The number of carbonyl (C=O) groups is 1. The molecule has 0 aromatic carbocycles. The maximum absolute atomic E-state index is 12.1. The Morgan fingerprint density at radius 3 is 3.11 bits per heavy atom. The van der Waals surface area contributed by atoms with Crippen molar-refractivity contribution in [1.82, 2.24) is 19.7 Å². The molecule has 1 saturated heterocycles. The average molecular weight is 252 g/mol. The molecule has 1 atom stereocenters. The minimum Gasteiger partial charge on any atom is -0.381 e. The first-order valence-corrected chi connectivity index (χ1v) is 6.31. The Labute approximate surface area is 107 Å². The molecule has 0 spiro atoms. The lowest BCUT2D eigenvalue weighted by Gasteiger charge is -2.24. The first-order valence-electron chi connectivity index (χ1n) is 6.31. The number of nitrogens with zero attached hydrogens (tertiary/aromatic N) is 4. The van der Waals surface area contributed by atoms with E-state index in [1.165, 1.54) is 0 Å². The van der Waals surface area contributed by atoms with Crippen LogP contribution in [0.2, 0.25) is 0 Å². The van der Waals surface area contributed by atoms with E-state index >= 15 is 0 Å². The number of ether oxygens (including phenoxy) is 1. The Morgan fingerprint density at radius 2 is 2.50 bits per heavy atom. The Bertz CT molecular complexity index is 399. The van der Waals surface area contributed by atoms with Gasteiger partial charge in [0.2, 0.25) is 5.91 Å². The number of aromatic nitrogens is 3. The molecule has 1 aliphatic rings. The summed E-state index contributed by atoms with van der Waals surface area (Å²) in [7, 11) is 3.68. The van der Waals surface area contributed by atoms with Gasteiger partial charge in [-0.2, -0.15) is 0 Å². The summed E-state index contributed by atoms with van der Waals surface area (Å²) in [6.07, 6.45) is 4.35. The number of aryl methyl sites for hydroxylation is 1. The number of amides is 1. The normalized spacial score (nSPS) is 19.8. The van der Waals surface area contributed by atoms with Gasteiger partial charge in [-0.3, -0.25) is 4.79 Å². The van der Waals surface area contributed by atoms with E-state index in [2.05, 4.69) is 10.2 Å². The molecule has 0 N–H and O–H groups in total. The van der Waals surface area contributed by atoms with Crippen LogP contribution >= 0.6 is 0 Å². The van der Waals surface area contributed by atoms with Gasteiger partial charge in [-0.15, -0.1) is 10.2 Å². The Balaban J connectivity index is 1.83. The van der Waals surface area contributed by atoms with Gasteiger partial charge in [0.25, 0.3) is 0 Å². The van der Waals surface area contributed by atoms with Gasteiger partial charge in [0.05, 0.1) is 6.54 Å². The van der Waals surface area contributed by atoms with E-state index in [0.717, 1.165) is 25.3 Å². The molecular weight excluding hydrogens is 232 g/mol. The average Bonchev–Trinajstić information content (AvgIpc) is 2.76. The van der Waals surface area contributed by atoms with Crippen LogP contribution in [0, 0.1) is 5.92 Å². The highest BCUT2D eigenvalue weighted by atomic mass is 16.5. The zero-order valence-corrected chi connectivity index (χ0v) is 11.0. The second-order valence-corrected chi connectivity index (χ2v) is 4.90. The molecule has 1 aromatic rings. The van der Waals surface area contributed by atoms with Gasteiger partial charge >= 0.3 is 0 Å². The van der Waals surface area contributed by atoms with Crippen LogP contribution in [0.3, 0.4) is 0 Å². The Morgan fingerprint density at radius 1 is 1.67 bits per heavy atom. The summed E-state index contributed by atoms with van der Waals surface area (Å²) >= 11 is 0. The van der Waals surface area contributed by atoms with Crippen LogP contribution in [0.5, 0.6) is 0 Å². The summed E-state index contributed by atoms with van der Waals surface area (Å²) in [5, 5.41) is 7.78. The summed E-state index contributed by atoms with van der Waals surface area (Å²) < 4.78 is 7.22. The van der Waals surface area contributed by atoms with E-state index in [-0.39, 0.29) is 5.91 Å². The fourth-order valence-electron chi connectivity index (χ4n) is 2.12. The third-order valence-electron chi connectivity index (χ3n) is 3.33. The Hall–Kier alpha value is -1.43. The van der Waals surface area contributed by atoms with Gasteiger partial charge in [0.1, 0.15) is 6.33 Å². The zero-order chi connectivity index (χ0) is 13.0. The minimum atomic E-state index is 0.147. The van der Waals surface area contributed by atoms with Crippen molar-refractivity contribution in [3.63, 3.8) is 0 Å². The van der Waals surface area contributed by atoms with Crippen LogP contribution in [-0.2, 0) is 23.1 Å². The van der Waals surface area contributed by atoms with Gasteiger partial charge in [-0.1, -0.05) is 0 Å². The lowest BCUT2D eigenvalue weighted by atomic mass is 9.98. The smallest absolute Gasteiger partial charge is 0.223 e. The van der Waals surface area contributed by atoms with Crippen molar-refractivity contribution in [3.05, 3.63) is 12.2 Å². The first-order chi connectivity index (χ1) is 8.66. The van der Waals surface area contributed by atoms with Gasteiger partial charge in [-0.05, 0) is 18.8 Å². The van der Waals surface area contributed by atoms with E-state index in [0.29, 0.717) is 25.5 Å². The Kier molecular flexibility index (Phi) is 4.30. The van der Waals surface area contributed by atoms with E-state index in [1.54, 1.807) is 18.3 Å². The molecule has 100 valence electrons. The number of carbonyl (C=O) groups excluding carboxylic acids is 1. The van der Waals surface area contributed by atoms with E-state index in [1.807, 2.05) is 11.6 Å². The van der Waals surface area contributed by atoms with Crippen molar-refractivity contribution >= 4 is 5.91 Å². The van der Waals surface area contributed by atoms with Crippen molar-refractivity contribution in [2.75, 3.05) is 20.3 Å². The standard InChI is InChI=1S/C12H20N4O2/c1-15(7-11-14-13-9-16(11)2)12(17)6-10-4-3-5-18-8-10/h9-10H,3-8H2,1-2H3/t10-/m1/s1. The molecule has 1 amide bonds. The van der Waals surface area contributed by atoms with Crippen molar-refractivity contribution in [2.45, 2.75) is 25.8 Å². The van der Waals surface area contributed by atoms with Crippen LogP contribution in [0.25, 0.3) is 0 Å². The quantitative estimate of drug-likeness (QED) is 0.787. The second-order valence-electron chi connectivity index (χ2n) is 4.90. The molecule has 6 heteroatoms. The minimum absolute atomic E-state index is 0.147. The summed E-state index contributed by atoms with van der Waals surface area (Å²) in [5.74, 6) is 1.31. The monoisotopic (exact) mass is 252 g/mol. The zero-order valence-electron chi connectivity index (χ0n) is 11.0. The van der Waals surface area contributed by atoms with Gasteiger partial charge < -0.3 is 14.2 Å². The summed E-state index contributed by atoms with van der Waals surface area (Å²) in [6.45, 7) is 2.05. The highest BCUT2D eigenvalue weighted by molar-refractivity contribution is 5.76. The molecule has 1 aliphatic heterocycles. The first kappa shape index (κ1) is 13.0. The molecule has 0 radical (unpaired) electrons. The van der Waals surface area contributed by atoms with Gasteiger partial charge in [0, 0.05) is 33.7 Å². The predicted octanol–water partition coefficient (Wildman–Crippen LogP) is 0.590. The highest BCUT2D eigenvalue weighted by Crippen LogP contribution is 2.18. The summed E-state index contributed by atoms with van der Waals surface area (Å²) in [4.78, 5) is 13.8. The van der Waals surface area contributed by atoms with E-state index in [4.69, 9.17) is 4.74 Å². The molecule has 2 rings (SSSR count). The number of hydrogen-bond donors (Lipinski definition) is 0. The van der Waals surface area contributed by atoms with Crippen LogP contribution in [0.15, 0.2) is 6.33 Å². The maximum atomic E-state index is 12.1. The third-order valence-corrected chi connectivity index (χ3v) is 3.33. The number of rotatable bonds is 4. The summed E-state index contributed by atoms with van der Waals surface area (Å²) in [6, 6.07) is 0. The molecule has 0 bridgehead atoms. The van der Waals surface area contributed by atoms with Crippen LogP contribution < -0.4 is 0 Å². The molecule has 0 aliphatic carbocycles. The van der Waals surface area contributed by atoms with Crippen molar-refractivity contribution in [3.8, 4) is 0 Å². The third kappa shape index (κ3) is 3.29. The van der Waals surface area contributed by atoms with Crippen molar-refractivity contribution < 1.29 is 9.53 Å². The fraction of sp³-hybridized carbons (Fsp3) is 0.750. The molecule has 18 heavy (non-hydrogen) atoms. The van der Waals surface area contributed by atoms with E-state index < -0.39 is 0 Å². The van der Waals surface area contributed by atoms with E-state index in [9.17, 15) is 4.79 Å². The van der Waals surface area contributed by atoms with Crippen LogP contribution in [-0.4, -0.2) is 45.8 Å². The maximum Gasteiger partial charge on any atom is 0.223 e. The molecule has 1 aromatic heterocycles. The lowest BCUT2D eigenvalue weighted by molar-refractivity contribution is -0.132. The lowest BCUT2D eigenvalue weighted by Crippen LogP contribution is -2.31. The number of hydrogen-bond acceptors (Lipinski definition) is 4. The molecule has 1 fully saturated rings. The highest BCUT2D eigenvalue weighted by Gasteiger charge is 2.20. The van der Waals surface area contributed by atoms with Crippen molar-refractivity contribution in [1.29, 1.82) is 0 Å². The molecule has 6 nitrogen and oxygen atoms in total. The SMILES string of the molecule is CN(Cc1nncn1C)C(=O)C[C@H]1CCCOC1. The summed E-state index contributed by atoms with van der Waals surface area (Å²) in [5.41, 5.74) is 0. The van der Waals surface area contributed by atoms with Crippen molar-refractivity contribution in [2.24, 2.45) is 13.0 Å². The molecular formula is C12H20N4O2. The van der Waals surface area contributed by atoms with Gasteiger partial charge in [0.15, 0.2) is 5.82 Å². The van der Waals surface area contributed by atoms with Gasteiger partial charge in [-0.25, -0.2) is 0 Å². The largest absolute Gasteiger partial charge is 0.381 e. The van der Waals surface area contributed by atoms with Crippen LogP contribution in [0.1, 0.15) is 25.1 Å². The van der Waals surface area contributed by atoms with Crippen LogP contribution in [0.4, 0.5) is 0 Å². The molecule has 0 unspecified atom stereocenters. The molecule has 2 heterocycles. The fourth-order valence-corrected chi connectivity index (χ4v) is 2.12. The second kappa shape index (κ2) is 5.95. The molecule has 0 saturated carbocycles. The predicted molar refractivity (Wildman–Crippen MR) is 65.6 cm³/mol. The topological polar surface area (TPSA) is 60.2 Å².